The molecule has 25 heavy (non-hydrogen) atoms. The van der Waals surface area contributed by atoms with Gasteiger partial charge in [-0.3, -0.25) is 9.59 Å². The second-order valence-electron chi connectivity index (χ2n) is 6.44. The number of nitrogens with zero attached hydrogens (tertiary/aromatic N) is 4. The smallest absolute Gasteiger partial charge is 0.235 e. The summed E-state index contributed by atoms with van der Waals surface area (Å²) in [6, 6.07) is 0.157. The molecule has 0 bridgehead atoms. The summed E-state index contributed by atoms with van der Waals surface area (Å²) < 4.78 is 0. The van der Waals surface area contributed by atoms with Gasteiger partial charge in [-0.1, -0.05) is 6.92 Å². The predicted molar refractivity (Wildman–Crippen MR) is 100 cm³/mol. The van der Waals surface area contributed by atoms with Gasteiger partial charge in [0.15, 0.2) is 0 Å². The van der Waals surface area contributed by atoms with E-state index in [1.54, 1.807) is 31.1 Å². The molecule has 1 fully saturated rings. The Morgan fingerprint density at radius 3 is 2.64 bits per heavy atom. The van der Waals surface area contributed by atoms with Gasteiger partial charge in [0, 0.05) is 50.6 Å². The topological polar surface area (TPSA) is 66.4 Å². The maximum Gasteiger partial charge on any atom is 0.235 e. The van der Waals surface area contributed by atoms with Crippen LogP contribution in [0.5, 0.6) is 0 Å². The first-order valence-electron chi connectivity index (χ1n) is 8.89. The maximum atomic E-state index is 12.6. The Morgan fingerprint density at radius 2 is 2.04 bits per heavy atom. The van der Waals surface area contributed by atoms with Crippen molar-refractivity contribution < 1.29 is 9.59 Å². The lowest BCUT2D eigenvalue weighted by molar-refractivity contribution is -0.132. The first-order chi connectivity index (χ1) is 12.1. The van der Waals surface area contributed by atoms with Crippen molar-refractivity contribution in [1.82, 2.24) is 19.8 Å². The van der Waals surface area contributed by atoms with Crippen molar-refractivity contribution in [1.29, 1.82) is 0 Å². The number of hydrogen-bond acceptors (Lipinski definition) is 5. The van der Waals surface area contributed by atoms with E-state index >= 15 is 0 Å². The average molecular weight is 365 g/mol. The number of carbonyl (C=O) groups is 2. The van der Waals surface area contributed by atoms with Crippen LogP contribution in [0.4, 0.5) is 0 Å². The molecule has 2 rings (SSSR count). The number of thioether (sulfide) groups is 1. The summed E-state index contributed by atoms with van der Waals surface area (Å²) in [5, 5.41) is 0.0435. The van der Waals surface area contributed by atoms with E-state index in [4.69, 9.17) is 0 Å². The Labute approximate surface area is 154 Å². The molecule has 7 heteroatoms. The molecule has 2 unspecified atom stereocenters. The third-order valence-electron chi connectivity index (χ3n) is 4.75. The second-order valence-corrected chi connectivity index (χ2v) is 7.48. The molecule has 1 aromatic rings. The summed E-state index contributed by atoms with van der Waals surface area (Å²) >= 11 is 1.62. The number of rotatable bonds is 6. The molecule has 0 saturated carbocycles. The van der Waals surface area contributed by atoms with Crippen molar-refractivity contribution in [3.8, 4) is 0 Å². The largest absolute Gasteiger partial charge is 0.342 e. The summed E-state index contributed by atoms with van der Waals surface area (Å²) in [6.07, 6.45) is 10.5. The van der Waals surface area contributed by atoms with Gasteiger partial charge in [0.25, 0.3) is 0 Å². The third kappa shape index (κ3) is 5.42. The van der Waals surface area contributed by atoms with Crippen LogP contribution in [0.25, 0.3) is 0 Å². The fourth-order valence-electron chi connectivity index (χ4n) is 3.36. The Bertz CT molecular complexity index is 565. The first kappa shape index (κ1) is 19.7. The lowest BCUT2D eigenvalue weighted by atomic mass is 10.1. The highest BCUT2D eigenvalue weighted by atomic mass is 32.2. The van der Waals surface area contributed by atoms with Crippen molar-refractivity contribution >= 4 is 23.6 Å². The Hall–Kier alpha value is -1.63. The van der Waals surface area contributed by atoms with Gasteiger partial charge in [0.05, 0.1) is 5.25 Å². The minimum absolute atomic E-state index is 0.0435. The summed E-state index contributed by atoms with van der Waals surface area (Å²) in [4.78, 5) is 36.7. The molecule has 2 atom stereocenters. The summed E-state index contributed by atoms with van der Waals surface area (Å²) in [6.45, 7) is 5.69. The molecule has 0 spiro atoms. The molecule has 2 heterocycles. The van der Waals surface area contributed by atoms with Gasteiger partial charge in [-0.15, -0.1) is 0 Å². The fourth-order valence-corrected chi connectivity index (χ4v) is 4.05. The van der Waals surface area contributed by atoms with E-state index in [9.17, 15) is 9.59 Å². The lowest BCUT2D eigenvalue weighted by Crippen LogP contribution is -2.41. The van der Waals surface area contributed by atoms with Gasteiger partial charge in [0.2, 0.25) is 11.8 Å². The van der Waals surface area contributed by atoms with Crippen LogP contribution in [0.2, 0.25) is 0 Å². The molecule has 138 valence electrons. The molecule has 6 nitrogen and oxygen atoms in total. The highest BCUT2D eigenvalue weighted by molar-refractivity contribution is 7.99. The van der Waals surface area contributed by atoms with E-state index in [1.165, 1.54) is 6.33 Å². The zero-order valence-corrected chi connectivity index (χ0v) is 16.2. The molecule has 1 aromatic heterocycles. The zero-order chi connectivity index (χ0) is 18.2. The molecule has 0 aromatic carbocycles. The van der Waals surface area contributed by atoms with Crippen LogP contribution in [0.15, 0.2) is 18.7 Å². The Kier molecular flexibility index (Phi) is 7.68. The van der Waals surface area contributed by atoms with Gasteiger partial charge in [-0.2, -0.15) is 11.8 Å². The molecule has 0 radical (unpaired) electrons. The third-order valence-corrected chi connectivity index (χ3v) is 5.86. The SMILES string of the molecule is CCC(SC)C(=O)N1CCCC(N(Cc2cncnc2)C(C)=O)CC1. The number of hydrogen-bond donors (Lipinski definition) is 0. The van der Waals surface area contributed by atoms with Crippen LogP contribution in [0.1, 0.15) is 45.1 Å². The Morgan fingerprint density at radius 1 is 1.32 bits per heavy atom. The molecule has 0 aliphatic carbocycles. The van der Waals surface area contributed by atoms with E-state index in [0.717, 1.165) is 44.3 Å². The van der Waals surface area contributed by atoms with Crippen LogP contribution in [0.3, 0.4) is 0 Å². The highest BCUT2D eigenvalue weighted by Crippen LogP contribution is 2.22. The summed E-state index contributed by atoms with van der Waals surface area (Å²) in [5.74, 6) is 0.297. The van der Waals surface area contributed by atoms with Crippen LogP contribution in [0, 0.1) is 0 Å². The Balaban J connectivity index is 2.02. The highest BCUT2D eigenvalue weighted by Gasteiger charge is 2.28. The van der Waals surface area contributed by atoms with Crippen molar-refractivity contribution in [2.24, 2.45) is 0 Å². The van der Waals surface area contributed by atoms with Gasteiger partial charge in [-0.05, 0) is 31.9 Å². The minimum Gasteiger partial charge on any atom is -0.342 e. The number of likely N-dealkylation sites (tertiary alicyclic amines) is 1. The molecule has 1 aliphatic rings. The predicted octanol–water partition coefficient (Wildman–Crippen LogP) is 2.35. The number of carbonyl (C=O) groups excluding carboxylic acids is 2. The van der Waals surface area contributed by atoms with Crippen molar-refractivity contribution in [2.75, 3.05) is 19.3 Å². The van der Waals surface area contributed by atoms with E-state index in [1.807, 2.05) is 16.1 Å². The normalized spacial score (nSPS) is 19.2. The molecule has 1 aliphatic heterocycles. The minimum atomic E-state index is 0.0435. The zero-order valence-electron chi connectivity index (χ0n) is 15.4. The monoisotopic (exact) mass is 364 g/mol. The van der Waals surface area contributed by atoms with E-state index in [-0.39, 0.29) is 23.1 Å². The van der Waals surface area contributed by atoms with E-state index in [0.29, 0.717) is 6.54 Å². The lowest BCUT2D eigenvalue weighted by Gasteiger charge is -2.30. The van der Waals surface area contributed by atoms with Crippen LogP contribution < -0.4 is 0 Å². The molecular formula is C18H28N4O2S. The first-order valence-corrected chi connectivity index (χ1v) is 10.2. The number of aromatic nitrogens is 2. The van der Waals surface area contributed by atoms with Crippen molar-refractivity contribution in [3.05, 3.63) is 24.3 Å². The fraction of sp³-hybridized carbons (Fsp3) is 0.667. The van der Waals surface area contributed by atoms with Crippen molar-refractivity contribution in [3.63, 3.8) is 0 Å². The van der Waals surface area contributed by atoms with Gasteiger partial charge < -0.3 is 9.80 Å². The molecule has 2 amide bonds. The summed E-state index contributed by atoms with van der Waals surface area (Å²) in [5.41, 5.74) is 0.934. The van der Waals surface area contributed by atoms with Gasteiger partial charge >= 0.3 is 0 Å². The average Bonchev–Trinajstić information content (AvgIpc) is 2.87. The standard InChI is InChI=1S/C18H28N4O2S/c1-4-17(25-3)18(24)21-8-5-6-16(7-9-21)22(14(2)23)12-15-10-19-13-20-11-15/h10-11,13,16-17H,4-9,12H2,1-3H3. The number of amides is 2. The van der Waals surface area contributed by atoms with Crippen LogP contribution in [-0.2, 0) is 16.1 Å². The maximum absolute atomic E-state index is 12.6. The van der Waals surface area contributed by atoms with Gasteiger partial charge in [0.1, 0.15) is 6.33 Å². The van der Waals surface area contributed by atoms with Gasteiger partial charge in [-0.25, -0.2) is 9.97 Å². The summed E-state index contributed by atoms with van der Waals surface area (Å²) in [7, 11) is 0. The van der Waals surface area contributed by atoms with E-state index in [2.05, 4.69) is 16.9 Å². The quantitative estimate of drug-likeness (QED) is 0.775. The molecular weight excluding hydrogens is 336 g/mol. The van der Waals surface area contributed by atoms with Crippen molar-refractivity contribution in [2.45, 2.75) is 57.4 Å². The second kappa shape index (κ2) is 9.75. The van der Waals surface area contributed by atoms with Crippen LogP contribution in [-0.4, -0.2) is 62.2 Å². The molecule has 0 N–H and O–H groups in total. The van der Waals surface area contributed by atoms with E-state index < -0.39 is 0 Å². The van der Waals surface area contributed by atoms with Crippen LogP contribution >= 0.6 is 11.8 Å². The molecule has 1 saturated heterocycles.